The van der Waals surface area contributed by atoms with Gasteiger partial charge in [-0.3, -0.25) is 14.9 Å². The highest BCUT2D eigenvalue weighted by molar-refractivity contribution is 5.98. The molecule has 6 heteroatoms. The molecule has 0 aliphatic heterocycles. The smallest absolute Gasteiger partial charge is 0.282 e. The Bertz CT molecular complexity index is 487. The lowest BCUT2D eigenvalue weighted by atomic mass is 10.1. The highest BCUT2D eigenvalue weighted by Gasteiger charge is 2.26. The minimum Gasteiger partial charge on any atom is -0.339 e. The van der Waals surface area contributed by atoms with E-state index in [2.05, 4.69) is 0 Å². The van der Waals surface area contributed by atoms with Crippen LogP contribution >= 0.6 is 0 Å². The van der Waals surface area contributed by atoms with Gasteiger partial charge in [0.2, 0.25) is 0 Å². The summed E-state index contributed by atoms with van der Waals surface area (Å²) in [5.41, 5.74) is -0.580. The fourth-order valence-electron chi connectivity index (χ4n) is 2.03. The fraction of sp³-hybridized carbons (Fsp3) is 0.462. The van der Waals surface area contributed by atoms with Crippen LogP contribution < -0.4 is 0 Å². The second-order valence-corrected chi connectivity index (χ2v) is 4.30. The molecule has 104 valence electrons. The van der Waals surface area contributed by atoms with Gasteiger partial charge in [0.05, 0.1) is 4.92 Å². The standard InChI is InChI=1S/C13H17FN2O3/c1-4-10(5-2)15(3)13(17)11-8-9(14)6-7-12(11)16(18)19/h6-8,10H,4-5H2,1-3H3. The van der Waals surface area contributed by atoms with Crippen molar-refractivity contribution < 1.29 is 14.1 Å². The molecule has 0 aliphatic carbocycles. The zero-order chi connectivity index (χ0) is 14.6. The molecule has 0 heterocycles. The van der Waals surface area contributed by atoms with Crippen LogP contribution in [0.5, 0.6) is 0 Å². The normalized spacial score (nSPS) is 10.6. The maximum absolute atomic E-state index is 13.2. The van der Waals surface area contributed by atoms with Gasteiger partial charge in [-0.05, 0) is 25.0 Å². The van der Waals surface area contributed by atoms with Crippen molar-refractivity contribution in [2.75, 3.05) is 7.05 Å². The summed E-state index contributed by atoms with van der Waals surface area (Å²) in [6.45, 7) is 3.86. The Kier molecular flexibility index (Phi) is 4.97. The first-order chi connectivity index (χ1) is 8.92. The van der Waals surface area contributed by atoms with Gasteiger partial charge < -0.3 is 4.90 Å². The summed E-state index contributed by atoms with van der Waals surface area (Å²) in [4.78, 5) is 23.9. The van der Waals surface area contributed by atoms with Crippen LogP contribution in [0.3, 0.4) is 0 Å². The Morgan fingerprint density at radius 3 is 2.47 bits per heavy atom. The van der Waals surface area contributed by atoms with E-state index in [1.54, 1.807) is 7.05 Å². The second kappa shape index (κ2) is 6.26. The Morgan fingerprint density at radius 2 is 2.00 bits per heavy atom. The highest BCUT2D eigenvalue weighted by atomic mass is 19.1. The van der Waals surface area contributed by atoms with Crippen molar-refractivity contribution >= 4 is 11.6 Å². The molecular weight excluding hydrogens is 251 g/mol. The number of hydrogen-bond acceptors (Lipinski definition) is 3. The number of nitrogens with zero attached hydrogens (tertiary/aromatic N) is 2. The van der Waals surface area contributed by atoms with E-state index in [1.165, 1.54) is 4.90 Å². The molecule has 0 saturated heterocycles. The largest absolute Gasteiger partial charge is 0.339 e. The third-order valence-electron chi connectivity index (χ3n) is 3.20. The molecule has 19 heavy (non-hydrogen) atoms. The number of carbonyl (C=O) groups is 1. The Hall–Kier alpha value is -1.98. The number of benzene rings is 1. The SMILES string of the molecule is CCC(CC)N(C)C(=O)c1cc(F)ccc1[N+](=O)[O-]. The Balaban J connectivity index is 3.18. The predicted molar refractivity (Wildman–Crippen MR) is 69.5 cm³/mol. The van der Waals surface area contributed by atoms with Crippen molar-refractivity contribution in [3.8, 4) is 0 Å². The average Bonchev–Trinajstić information content (AvgIpc) is 2.38. The summed E-state index contributed by atoms with van der Waals surface area (Å²) < 4.78 is 13.2. The van der Waals surface area contributed by atoms with E-state index in [1.807, 2.05) is 13.8 Å². The monoisotopic (exact) mass is 268 g/mol. The Morgan fingerprint density at radius 1 is 1.42 bits per heavy atom. The third-order valence-corrected chi connectivity index (χ3v) is 3.20. The van der Waals surface area contributed by atoms with Crippen LogP contribution in [-0.4, -0.2) is 28.8 Å². The van der Waals surface area contributed by atoms with Gasteiger partial charge in [0.25, 0.3) is 11.6 Å². The van der Waals surface area contributed by atoms with Crippen LogP contribution in [0.2, 0.25) is 0 Å². The number of amides is 1. The molecule has 1 aromatic rings. The first kappa shape index (κ1) is 15.1. The average molecular weight is 268 g/mol. The number of hydrogen-bond donors (Lipinski definition) is 0. The summed E-state index contributed by atoms with van der Waals surface area (Å²) in [7, 11) is 1.58. The number of halogens is 1. The van der Waals surface area contributed by atoms with Gasteiger partial charge in [-0.15, -0.1) is 0 Å². The summed E-state index contributed by atoms with van der Waals surface area (Å²) in [5, 5.41) is 10.9. The van der Waals surface area contributed by atoms with Crippen LogP contribution in [0.15, 0.2) is 18.2 Å². The number of rotatable bonds is 5. The maximum atomic E-state index is 13.2. The van der Waals surface area contributed by atoms with E-state index in [0.29, 0.717) is 0 Å². The first-order valence-electron chi connectivity index (χ1n) is 6.13. The van der Waals surface area contributed by atoms with Crippen molar-refractivity contribution in [3.05, 3.63) is 39.7 Å². The van der Waals surface area contributed by atoms with Crippen LogP contribution in [0.1, 0.15) is 37.0 Å². The molecule has 1 aromatic carbocycles. The van der Waals surface area contributed by atoms with Gasteiger partial charge >= 0.3 is 0 Å². The molecule has 5 nitrogen and oxygen atoms in total. The van der Waals surface area contributed by atoms with Gasteiger partial charge in [0, 0.05) is 19.2 Å². The molecule has 0 aromatic heterocycles. The van der Waals surface area contributed by atoms with Gasteiger partial charge in [0.15, 0.2) is 0 Å². The first-order valence-corrected chi connectivity index (χ1v) is 6.13. The summed E-state index contributed by atoms with van der Waals surface area (Å²) in [5.74, 6) is -1.19. The minimum absolute atomic E-state index is 0.0182. The zero-order valence-corrected chi connectivity index (χ0v) is 11.2. The van der Waals surface area contributed by atoms with Crippen LogP contribution in [0.4, 0.5) is 10.1 Å². The molecule has 1 rings (SSSR count). The predicted octanol–water partition coefficient (Wildman–Crippen LogP) is 2.99. The summed E-state index contributed by atoms with van der Waals surface area (Å²) in [6.07, 6.45) is 1.48. The highest BCUT2D eigenvalue weighted by Crippen LogP contribution is 2.22. The third kappa shape index (κ3) is 3.27. The number of nitro benzene ring substituents is 1. The second-order valence-electron chi connectivity index (χ2n) is 4.30. The van der Waals surface area contributed by atoms with Gasteiger partial charge in [-0.1, -0.05) is 13.8 Å². The molecule has 0 fully saturated rings. The molecular formula is C13H17FN2O3. The summed E-state index contributed by atoms with van der Waals surface area (Å²) in [6, 6.07) is 2.89. The quantitative estimate of drug-likeness (QED) is 0.609. The lowest BCUT2D eigenvalue weighted by molar-refractivity contribution is -0.385. The van der Waals surface area contributed by atoms with Crippen LogP contribution in [0.25, 0.3) is 0 Å². The van der Waals surface area contributed by atoms with Crippen molar-refractivity contribution in [2.45, 2.75) is 32.7 Å². The maximum Gasteiger partial charge on any atom is 0.282 e. The van der Waals surface area contributed by atoms with Crippen molar-refractivity contribution in [1.29, 1.82) is 0 Å². The van der Waals surface area contributed by atoms with Crippen LogP contribution in [-0.2, 0) is 0 Å². The van der Waals surface area contributed by atoms with E-state index < -0.39 is 16.6 Å². The molecule has 0 N–H and O–H groups in total. The molecule has 0 atom stereocenters. The van der Waals surface area contributed by atoms with Crippen molar-refractivity contribution in [1.82, 2.24) is 4.90 Å². The van der Waals surface area contributed by atoms with E-state index in [-0.39, 0.29) is 17.3 Å². The Labute approximate surface area is 111 Å². The number of carbonyl (C=O) groups excluding carboxylic acids is 1. The van der Waals surface area contributed by atoms with Crippen molar-refractivity contribution in [2.24, 2.45) is 0 Å². The molecule has 0 bridgehead atoms. The van der Waals surface area contributed by atoms with E-state index >= 15 is 0 Å². The molecule has 0 unspecified atom stereocenters. The molecule has 0 aliphatic rings. The zero-order valence-electron chi connectivity index (χ0n) is 11.2. The molecule has 0 radical (unpaired) electrons. The van der Waals surface area contributed by atoms with Gasteiger partial charge in [-0.25, -0.2) is 4.39 Å². The fourth-order valence-corrected chi connectivity index (χ4v) is 2.03. The molecule has 1 amide bonds. The van der Waals surface area contributed by atoms with Crippen molar-refractivity contribution in [3.63, 3.8) is 0 Å². The van der Waals surface area contributed by atoms with E-state index in [0.717, 1.165) is 31.0 Å². The van der Waals surface area contributed by atoms with Crippen LogP contribution in [0, 0.1) is 15.9 Å². The topological polar surface area (TPSA) is 63.5 Å². The lowest BCUT2D eigenvalue weighted by Crippen LogP contribution is -2.36. The minimum atomic E-state index is -0.673. The molecule has 0 spiro atoms. The molecule has 0 saturated carbocycles. The lowest BCUT2D eigenvalue weighted by Gasteiger charge is -2.26. The van der Waals surface area contributed by atoms with Gasteiger partial charge in [-0.2, -0.15) is 0 Å². The van der Waals surface area contributed by atoms with Gasteiger partial charge in [0.1, 0.15) is 11.4 Å². The summed E-state index contributed by atoms with van der Waals surface area (Å²) >= 11 is 0. The van der Waals surface area contributed by atoms with E-state index in [9.17, 15) is 19.3 Å². The van der Waals surface area contributed by atoms with E-state index in [4.69, 9.17) is 0 Å². The number of nitro groups is 1.